The van der Waals surface area contributed by atoms with Crippen molar-refractivity contribution < 1.29 is 4.74 Å². The van der Waals surface area contributed by atoms with Crippen LogP contribution in [0, 0.1) is 5.41 Å². The normalized spacial score (nSPS) is 10.1. The van der Waals surface area contributed by atoms with Gasteiger partial charge in [-0.05, 0) is 18.2 Å². The minimum absolute atomic E-state index is 0.134. The lowest BCUT2D eigenvalue weighted by Crippen LogP contribution is -2.20. The number of aromatic nitrogens is 1. The molecular formula is C11H13N5OS. The first-order valence-corrected chi connectivity index (χ1v) is 5.98. The standard InChI is InChI=1S/C11H13N5OS/c1-17-9-3-2-6(4-7(9)12)8-5-18-11(15-8)16-10(13)14/h2-5H,12H2,1H3,(H4,13,14,15,16). The van der Waals surface area contributed by atoms with Crippen molar-refractivity contribution in [3.63, 3.8) is 0 Å². The summed E-state index contributed by atoms with van der Waals surface area (Å²) >= 11 is 1.37. The molecule has 2 rings (SSSR count). The van der Waals surface area contributed by atoms with Crippen molar-refractivity contribution in [2.75, 3.05) is 18.2 Å². The van der Waals surface area contributed by atoms with E-state index in [2.05, 4.69) is 10.3 Å². The topological polar surface area (TPSA) is 110 Å². The number of benzene rings is 1. The van der Waals surface area contributed by atoms with E-state index in [1.54, 1.807) is 19.2 Å². The van der Waals surface area contributed by atoms with Crippen molar-refractivity contribution in [3.8, 4) is 17.0 Å². The lowest BCUT2D eigenvalue weighted by molar-refractivity contribution is 0.417. The monoisotopic (exact) mass is 263 g/mol. The van der Waals surface area contributed by atoms with Gasteiger partial charge in [0.2, 0.25) is 0 Å². The third-order valence-corrected chi connectivity index (χ3v) is 3.03. The number of ether oxygens (including phenoxy) is 1. The van der Waals surface area contributed by atoms with Gasteiger partial charge in [0.15, 0.2) is 11.1 Å². The zero-order chi connectivity index (χ0) is 13.1. The molecule has 1 aromatic heterocycles. The molecule has 2 aromatic rings. The molecule has 0 saturated heterocycles. The highest BCUT2D eigenvalue weighted by atomic mass is 32.1. The number of guanidine groups is 1. The Bertz CT molecular complexity index is 581. The van der Waals surface area contributed by atoms with Gasteiger partial charge in [-0.2, -0.15) is 0 Å². The van der Waals surface area contributed by atoms with Gasteiger partial charge < -0.3 is 21.5 Å². The zero-order valence-electron chi connectivity index (χ0n) is 9.73. The third-order valence-electron chi connectivity index (χ3n) is 2.27. The number of nitrogens with zero attached hydrogens (tertiary/aromatic N) is 1. The van der Waals surface area contributed by atoms with Crippen molar-refractivity contribution in [3.05, 3.63) is 23.6 Å². The number of nitrogen functional groups attached to an aromatic ring is 1. The molecule has 1 aromatic carbocycles. The van der Waals surface area contributed by atoms with Crippen LogP contribution in [0.25, 0.3) is 11.3 Å². The fraction of sp³-hybridized carbons (Fsp3) is 0.0909. The number of nitrogens with two attached hydrogens (primary N) is 2. The van der Waals surface area contributed by atoms with Crippen LogP contribution < -0.4 is 21.5 Å². The number of methoxy groups -OCH3 is 1. The summed E-state index contributed by atoms with van der Waals surface area (Å²) in [6.07, 6.45) is 0. The van der Waals surface area contributed by atoms with E-state index in [-0.39, 0.29) is 5.96 Å². The summed E-state index contributed by atoms with van der Waals surface area (Å²) in [5.74, 6) is 0.501. The summed E-state index contributed by atoms with van der Waals surface area (Å²) in [7, 11) is 1.57. The van der Waals surface area contributed by atoms with Gasteiger partial charge in [-0.25, -0.2) is 4.98 Å². The van der Waals surface area contributed by atoms with Crippen LogP contribution >= 0.6 is 11.3 Å². The van der Waals surface area contributed by atoms with Crippen molar-refractivity contribution in [1.29, 1.82) is 5.41 Å². The number of hydrogen-bond donors (Lipinski definition) is 4. The van der Waals surface area contributed by atoms with E-state index in [0.29, 0.717) is 16.6 Å². The highest BCUT2D eigenvalue weighted by Gasteiger charge is 2.07. The van der Waals surface area contributed by atoms with Crippen LogP contribution in [0.3, 0.4) is 0 Å². The maximum atomic E-state index is 7.13. The Morgan fingerprint density at radius 1 is 1.50 bits per heavy atom. The quantitative estimate of drug-likeness (QED) is 0.383. The molecule has 0 saturated carbocycles. The maximum Gasteiger partial charge on any atom is 0.192 e. The van der Waals surface area contributed by atoms with Crippen LogP contribution in [-0.4, -0.2) is 18.1 Å². The summed E-state index contributed by atoms with van der Waals surface area (Å²) in [5.41, 5.74) is 13.3. The second-order valence-electron chi connectivity index (χ2n) is 3.53. The van der Waals surface area contributed by atoms with E-state index < -0.39 is 0 Å². The molecule has 1 heterocycles. The molecule has 6 N–H and O–H groups in total. The fourth-order valence-corrected chi connectivity index (χ4v) is 2.20. The van der Waals surface area contributed by atoms with Crippen LogP contribution in [0.5, 0.6) is 5.75 Å². The summed E-state index contributed by atoms with van der Waals surface area (Å²) in [4.78, 5) is 4.31. The molecule has 0 radical (unpaired) electrons. The molecular weight excluding hydrogens is 250 g/mol. The van der Waals surface area contributed by atoms with Gasteiger partial charge in [0, 0.05) is 10.9 Å². The van der Waals surface area contributed by atoms with E-state index in [9.17, 15) is 0 Å². The summed E-state index contributed by atoms with van der Waals surface area (Å²) in [6.45, 7) is 0. The molecule has 7 heteroatoms. The molecule has 0 spiro atoms. The van der Waals surface area contributed by atoms with Crippen LogP contribution in [0.15, 0.2) is 23.6 Å². The van der Waals surface area contributed by atoms with Crippen LogP contribution in [-0.2, 0) is 0 Å². The first-order valence-electron chi connectivity index (χ1n) is 5.10. The van der Waals surface area contributed by atoms with Crippen molar-refractivity contribution >= 4 is 28.1 Å². The van der Waals surface area contributed by atoms with Gasteiger partial charge in [0.25, 0.3) is 0 Å². The molecule has 0 atom stereocenters. The SMILES string of the molecule is COc1ccc(-c2csc(NC(=N)N)n2)cc1N. The van der Waals surface area contributed by atoms with Gasteiger partial charge in [-0.3, -0.25) is 5.41 Å². The number of thiazole rings is 1. The average Bonchev–Trinajstić information content (AvgIpc) is 2.76. The number of rotatable bonds is 3. The Labute approximate surface area is 108 Å². The number of nitrogens with one attached hydrogen (secondary N) is 2. The summed E-state index contributed by atoms with van der Waals surface area (Å²) in [5, 5.41) is 12.2. The second kappa shape index (κ2) is 4.92. The third kappa shape index (κ3) is 2.51. The largest absolute Gasteiger partial charge is 0.495 e. The Hall–Kier alpha value is -2.28. The van der Waals surface area contributed by atoms with Crippen LogP contribution in [0.1, 0.15) is 0 Å². The summed E-state index contributed by atoms with van der Waals surface area (Å²) in [6, 6.07) is 5.47. The number of anilines is 2. The minimum Gasteiger partial charge on any atom is -0.495 e. The van der Waals surface area contributed by atoms with E-state index in [4.69, 9.17) is 21.6 Å². The summed E-state index contributed by atoms with van der Waals surface area (Å²) < 4.78 is 5.09. The average molecular weight is 263 g/mol. The Morgan fingerprint density at radius 3 is 2.89 bits per heavy atom. The lowest BCUT2D eigenvalue weighted by Gasteiger charge is -2.05. The van der Waals surface area contributed by atoms with Crippen molar-refractivity contribution in [2.24, 2.45) is 5.73 Å². The molecule has 18 heavy (non-hydrogen) atoms. The van der Waals surface area contributed by atoms with Gasteiger partial charge >= 0.3 is 0 Å². The highest BCUT2D eigenvalue weighted by Crippen LogP contribution is 2.30. The predicted molar refractivity (Wildman–Crippen MR) is 74.1 cm³/mol. The van der Waals surface area contributed by atoms with Gasteiger partial charge in [-0.15, -0.1) is 11.3 Å². The van der Waals surface area contributed by atoms with Crippen LogP contribution in [0.2, 0.25) is 0 Å². The van der Waals surface area contributed by atoms with E-state index >= 15 is 0 Å². The highest BCUT2D eigenvalue weighted by molar-refractivity contribution is 7.14. The maximum absolute atomic E-state index is 7.13. The first kappa shape index (κ1) is 12.2. The zero-order valence-corrected chi connectivity index (χ0v) is 10.5. The molecule has 0 amide bonds. The van der Waals surface area contributed by atoms with Crippen molar-refractivity contribution in [1.82, 2.24) is 4.98 Å². The lowest BCUT2D eigenvalue weighted by atomic mass is 10.1. The smallest absolute Gasteiger partial charge is 0.192 e. The van der Waals surface area contributed by atoms with Gasteiger partial charge in [0.1, 0.15) is 5.75 Å². The van der Waals surface area contributed by atoms with E-state index in [1.807, 2.05) is 11.4 Å². The first-order chi connectivity index (χ1) is 8.60. The number of hydrogen-bond acceptors (Lipinski definition) is 5. The Kier molecular flexibility index (Phi) is 3.33. The molecule has 6 nitrogen and oxygen atoms in total. The molecule has 0 aliphatic carbocycles. The van der Waals surface area contributed by atoms with Gasteiger partial charge in [-0.1, -0.05) is 0 Å². The van der Waals surface area contributed by atoms with E-state index in [1.165, 1.54) is 11.3 Å². The molecule has 0 aliphatic heterocycles. The van der Waals surface area contributed by atoms with Gasteiger partial charge in [0.05, 0.1) is 18.5 Å². The molecule has 0 aliphatic rings. The van der Waals surface area contributed by atoms with E-state index in [0.717, 1.165) is 11.3 Å². The predicted octanol–water partition coefficient (Wildman–Crippen LogP) is 1.71. The second-order valence-corrected chi connectivity index (χ2v) is 4.39. The Balaban J connectivity index is 2.28. The molecule has 0 bridgehead atoms. The molecule has 0 unspecified atom stereocenters. The van der Waals surface area contributed by atoms with Crippen LogP contribution in [0.4, 0.5) is 10.8 Å². The molecule has 94 valence electrons. The fourth-order valence-electron chi connectivity index (χ4n) is 1.47. The van der Waals surface area contributed by atoms with Crippen molar-refractivity contribution in [2.45, 2.75) is 0 Å². The Morgan fingerprint density at radius 2 is 2.28 bits per heavy atom. The minimum atomic E-state index is -0.134. The molecule has 0 fully saturated rings.